The number of carbonyl (C=O) groups excluding carboxylic acids is 1. The fraction of sp³-hybridized carbons (Fsp3) is 0.556. The normalized spacial score (nSPS) is 21.3. The molecule has 2 aromatic rings. The lowest BCUT2D eigenvalue weighted by Gasteiger charge is -2.28. The lowest BCUT2D eigenvalue weighted by atomic mass is 10.1. The number of rotatable bonds is 6. The van der Waals surface area contributed by atoms with Crippen LogP contribution in [0.5, 0.6) is 0 Å². The standard InChI is InChI=1S/C18H24N4OS/c1-20-11-14(10-19-20)17-5-2-8-21(17)13-18(23)22(15-6-7-15)12-16-4-3-9-24-16/h3-4,9-11,15,17H,2,5-8,12-13H2,1H3. The van der Waals surface area contributed by atoms with Crippen LogP contribution < -0.4 is 0 Å². The first-order chi connectivity index (χ1) is 11.7. The van der Waals surface area contributed by atoms with Crippen LogP contribution >= 0.6 is 11.3 Å². The molecule has 1 aliphatic carbocycles. The molecule has 1 amide bonds. The summed E-state index contributed by atoms with van der Waals surface area (Å²) >= 11 is 1.74. The highest BCUT2D eigenvalue weighted by Gasteiger charge is 2.35. The van der Waals surface area contributed by atoms with Gasteiger partial charge in [-0.3, -0.25) is 14.4 Å². The zero-order chi connectivity index (χ0) is 16.5. The second-order valence-corrected chi connectivity index (χ2v) is 7.94. The number of nitrogens with zero attached hydrogens (tertiary/aromatic N) is 4. The van der Waals surface area contributed by atoms with E-state index < -0.39 is 0 Å². The zero-order valence-electron chi connectivity index (χ0n) is 14.1. The summed E-state index contributed by atoms with van der Waals surface area (Å²) in [6, 6.07) is 4.99. The van der Waals surface area contributed by atoms with E-state index in [1.807, 2.05) is 17.9 Å². The number of aromatic nitrogens is 2. The summed E-state index contributed by atoms with van der Waals surface area (Å²) < 4.78 is 1.85. The Morgan fingerprint density at radius 2 is 2.29 bits per heavy atom. The van der Waals surface area contributed by atoms with E-state index in [9.17, 15) is 4.79 Å². The van der Waals surface area contributed by atoms with Gasteiger partial charge in [-0.25, -0.2) is 0 Å². The molecule has 2 fully saturated rings. The number of carbonyl (C=O) groups is 1. The van der Waals surface area contributed by atoms with Crippen molar-refractivity contribution in [1.82, 2.24) is 19.6 Å². The van der Waals surface area contributed by atoms with Crippen LogP contribution in [-0.4, -0.2) is 44.6 Å². The van der Waals surface area contributed by atoms with Crippen LogP contribution in [0, 0.1) is 0 Å². The van der Waals surface area contributed by atoms with Crippen molar-refractivity contribution in [3.05, 3.63) is 40.3 Å². The molecule has 0 spiro atoms. The predicted molar refractivity (Wildman–Crippen MR) is 94.6 cm³/mol. The van der Waals surface area contributed by atoms with Gasteiger partial charge >= 0.3 is 0 Å². The molecule has 1 saturated heterocycles. The topological polar surface area (TPSA) is 41.4 Å². The minimum absolute atomic E-state index is 0.279. The number of aryl methyl sites for hydroxylation is 1. The minimum Gasteiger partial charge on any atom is -0.333 e. The first-order valence-corrected chi connectivity index (χ1v) is 9.63. The van der Waals surface area contributed by atoms with Gasteiger partial charge in [-0.1, -0.05) is 6.07 Å². The van der Waals surface area contributed by atoms with Gasteiger partial charge in [0.1, 0.15) is 0 Å². The van der Waals surface area contributed by atoms with Crippen molar-refractivity contribution < 1.29 is 4.79 Å². The number of thiophene rings is 1. The molecule has 3 heterocycles. The van der Waals surface area contributed by atoms with Gasteiger partial charge in [-0.05, 0) is 43.7 Å². The van der Waals surface area contributed by atoms with E-state index in [4.69, 9.17) is 0 Å². The predicted octanol–water partition coefficient (Wildman–Crippen LogP) is 2.81. The molecule has 0 aromatic carbocycles. The van der Waals surface area contributed by atoms with Gasteiger partial charge in [-0.2, -0.15) is 5.10 Å². The maximum atomic E-state index is 13.0. The number of hydrogen-bond donors (Lipinski definition) is 0. The SMILES string of the molecule is Cn1cc(C2CCCN2CC(=O)N(Cc2cccs2)C2CC2)cn1. The molecule has 0 bridgehead atoms. The van der Waals surface area contributed by atoms with Crippen LogP contribution in [0.25, 0.3) is 0 Å². The Kier molecular flexibility index (Phi) is 4.41. The van der Waals surface area contributed by atoms with E-state index in [1.54, 1.807) is 11.3 Å². The van der Waals surface area contributed by atoms with E-state index in [2.05, 4.69) is 38.6 Å². The lowest BCUT2D eigenvalue weighted by Crippen LogP contribution is -2.40. The summed E-state index contributed by atoms with van der Waals surface area (Å²) in [5, 5.41) is 6.38. The molecule has 2 aliphatic rings. The van der Waals surface area contributed by atoms with E-state index >= 15 is 0 Å². The molecule has 0 radical (unpaired) electrons. The van der Waals surface area contributed by atoms with Gasteiger partial charge in [0.05, 0.1) is 19.3 Å². The van der Waals surface area contributed by atoms with E-state index in [1.165, 1.54) is 10.4 Å². The third-order valence-electron chi connectivity index (χ3n) is 5.03. The van der Waals surface area contributed by atoms with Crippen molar-refractivity contribution in [3.63, 3.8) is 0 Å². The molecule has 1 aliphatic heterocycles. The molecule has 6 heteroatoms. The first kappa shape index (κ1) is 15.8. The average molecular weight is 344 g/mol. The summed E-state index contributed by atoms with van der Waals surface area (Å²) in [6.45, 7) is 2.30. The van der Waals surface area contributed by atoms with Crippen LogP contribution in [0.3, 0.4) is 0 Å². The van der Waals surface area contributed by atoms with Crippen LogP contribution in [0.1, 0.15) is 42.2 Å². The molecular weight excluding hydrogens is 320 g/mol. The molecule has 2 aromatic heterocycles. The number of hydrogen-bond acceptors (Lipinski definition) is 4. The number of amides is 1. The highest BCUT2D eigenvalue weighted by atomic mass is 32.1. The summed E-state index contributed by atoms with van der Waals surface area (Å²) in [5.41, 5.74) is 1.24. The Hall–Kier alpha value is -1.66. The van der Waals surface area contributed by atoms with Crippen molar-refractivity contribution >= 4 is 17.2 Å². The Morgan fingerprint density at radius 3 is 2.96 bits per heavy atom. The Labute approximate surface area is 146 Å². The maximum Gasteiger partial charge on any atom is 0.237 e. The molecule has 1 saturated carbocycles. The van der Waals surface area contributed by atoms with Crippen LogP contribution in [0.15, 0.2) is 29.9 Å². The van der Waals surface area contributed by atoms with Gasteiger partial charge in [0.2, 0.25) is 5.91 Å². The van der Waals surface area contributed by atoms with Gasteiger partial charge in [0.25, 0.3) is 0 Å². The summed E-state index contributed by atoms with van der Waals surface area (Å²) in [5.74, 6) is 0.279. The van der Waals surface area contributed by atoms with Gasteiger partial charge in [0.15, 0.2) is 0 Å². The smallest absolute Gasteiger partial charge is 0.237 e. The Morgan fingerprint density at radius 1 is 1.42 bits per heavy atom. The molecule has 24 heavy (non-hydrogen) atoms. The monoisotopic (exact) mass is 344 g/mol. The first-order valence-electron chi connectivity index (χ1n) is 8.75. The summed E-state index contributed by atoms with van der Waals surface area (Å²) in [7, 11) is 1.95. The van der Waals surface area contributed by atoms with Gasteiger partial charge < -0.3 is 4.90 Å². The van der Waals surface area contributed by atoms with Crippen molar-refractivity contribution in [2.75, 3.05) is 13.1 Å². The highest BCUT2D eigenvalue weighted by molar-refractivity contribution is 7.09. The van der Waals surface area contributed by atoms with Crippen LogP contribution in [0.2, 0.25) is 0 Å². The van der Waals surface area contributed by atoms with Crippen molar-refractivity contribution in [2.24, 2.45) is 7.05 Å². The molecular formula is C18H24N4OS. The van der Waals surface area contributed by atoms with Gasteiger partial charge in [-0.15, -0.1) is 11.3 Å². The van der Waals surface area contributed by atoms with Gasteiger partial charge in [0, 0.05) is 35.8 Å². The third kappa shape index (κ3) is 3.39. The second kappa shape index (κ2) is 6.69. The quantitative estimate of drug-likeness (QED) is 0.809. The van der Waals surface area contributed by atoms with E-state index in [-0.39, 0.29) is 5.91 Å². The summed E-state index contributed by atoms with van der Waals surface area (Å²) in [6.07, 6.45) is 8.61. The fourth-order valence-electron chi connectivity index (χ4n) is 3.65. The van der Waals surface area contributed by atoms with Crippen molar-refractivity contribution in [3.8, 4) is 0 Å². The minimum atomic E-state index is 0.279. The fourth-order valence-corrected chi connectivity index (χ4v) is 4.35. The van der Waals surface area contributed by atoms with E-state index in [0.29, 0.717) is 18.6 Å². The third-order valence-corrected chi connectivity index (χ3v) is 5.89. The maximum absolute atomic E-state index is 13.0. The molecule has 128 valence electrons. The van der Waals surface area contributed by atoms with Crippen LogP contribution in [-0.2, 0) is 18.4 Å². The molecule has 5 nitrogen and oxygen atoms in total. The number of likely N-dealkylation sites (tertiary alicyclic amines) is 1. The molecule has 0 N–H and O–H groups in total. The van der Waals surface area contributed by atoms with Crippen molar-refractivity contribution in [2.45, 2.75) is 44.3 Å². The van der Waals surface area contributed by atoms with Crippen LogP contribution in [0.4, 0.5) is 0 Å². The molecule has 1 unspecified atom stereocenters. The zero-order valence-corrected chi connectivity index (χ0v) is 14.9. The largest absolute Gasteiger partial charge is 0.333 e. The van der Waals surface area contributed by atoms with Crippen molar-refractivity contribution in [1.29, 1.82) is 0 Å². The van der Waals surface area contributed by atoms with E-state index in [0.717, 1.165) is 38.8 Å². The second-order valence-electron chi connectivity index (χ2n) is 6.91. The summed E-state index contributed by atoms with van der Waals surface area (Å²) in [4.78, 5) is 18.7. The highest BCUT2D eigenvalue weighted by Crippen LogP contribution is 2.33. The molecule has 1 atom stereocenters. The Bertz CT molecular complexity index is 692. The lowest BCUT2D eigenvalue weighted by molar-refractivity contribution is -0.133. The average Bonchev–Trinajstić information content (AvgIpc) is 2.96. The molecule has 4 rings (SSSR count). The Balaban J connectivity index is 1.43.